The first-order valence-electron chi connectivity index (χ1n) is 5.88. The number of nitrogens with two attached hydrogens (primary N) is 1. The third-order valence-corrected chi connectivity index (χ3v) is 2.27. The van der Waals surface area contributed by atoms with Crippen LogP contribution in [0.4, 0.5) is 4.39 Å². The van der Waals surface area contributed by atoms with Crippen LogP contribution in [0.3, 0.4) is 0 Å². The van der Waals surface area contributed by atoms with Crippen LogP contribution in [0.5, 0.6) is 5.75 Å². The Kier molecular flexibility index (Phi) is 5.94. The molecular formula is C13H20FNO2. The fourth-order valence-corrected chi connectivity index (χ4v) is 1.57. The van der Waals surface area contributed by atoms with Gasteiger partial charge in [-0.25, -0.2) is 4.39 Å². The number of rotatable bonds is 7. The van der Waals surface area contributed by atoms with E-state index in [9.17, 15) is 4.39 Å². The number of benzene rings is 1. The fourth-order valence-electron chi connectivity index (χ4n) is 1.57. The van der Waals surface area contributed by atoms with E-state index in [1.807, 2.05) is 19.9 Å². The summed E-state index contributed by atoms with van der Waals surface area (Å²) in [7, 11) is 0. The molecule has 0 bridgehead atoms. The molecule has 0 saturated carbocycles. The molecule has 3 nitrogen and oxygen atoms in total. The molecule has 1 rings (SSSR count). The summed E-state index contributed by atoms with van der Waals surface area (Å²) in [6.07, 6.45) is 0.599. The van der Waals surface area contributed by atoms with E-state index in [4.69, 9.17) is 15.2 Å². The number of para-hydroxylation sites is 1. The molecule has 1 aromatic carbocycles. The highest BCUT2D eigenvalue weighted by atomic mass is 19.1. The summed E-state index contributed by atoms with van der Waals surface area (Å²) in [5.74, 6) is -0.0517. The van der Waals surface area contributed by atoms with Gasteiger partial charge < -0.3 is 15.2 Å². The van der Waals surface area contributed by atoms with Gasteiger partial charge >= 0.3 is 0 Å². The molecular weight excluding hydrogens is 221 g/mol. The van der Waals surface area contributed by atoms with Gasteiger partial charge in [-0.15, -0.1) is 0 Å². The third-order valence-electron chi connectivity index (χ3n) is 2.27. The summed E-state index contributed by atoms with van der Waals surface area (Å²) < 4.78 is 24.2. The summed E-state index contributed by atoms with van der Waals surface area (Å²) in [5.41, 5.74) is 6.52. The van der Waals surface area contributed by atoms with E-state index in [-0.39, 0.29) is 11.9 Å². The minimum atomic E-state index is -0.348. The SMILES string of the molecule is CCOCCOc1c(F)cccc1CC(C)N. The van der Waals surface area contributed by atoms with Gasteiger partial charge in [0.25, 0.3) is 0 Å². The Morgan fingerprint density at radius 1 is 1.35 bits per heavy atom. The Bertz CT molecular complexity index is 342. The number of hydrogen-bond acceptors (Lipinski definition) is 3. The number of halogens is 1. The molecule has 17 heavy (non-hydrogen) atoms. The second kappa shape index (κ2) is 7.25. The molecule has 0 spiro atoms. The predicted molar refractivity (Wildman–Crippen MR) is 65.7 cm³/mol. The second-order valence-electron chi connectivity index (χ2n) is 3.95. The zero-order valence-corrected chi connectivity index (χ0v) is 10.4. The van der Waals surface area contributed by atoms with Crippen LogP contribution in [0.1, 0.15) is 19.4 Å². The first-order chi connectivity index (χ1) is 8.15. The van der Waals surface area contributed by atoms with Gasteiger partial charge in [0.05, 0.1) is 6.61 Å². The van der Waals surface area contributed by atoms with Gasteiger partial charge in [0.1, 0.15) is 6.61 Å². The molecule has 1 aromatic rings. The van der Waals surface area contributed by atoms with Crippen LogP contribution in [-0.4, -0.2) is 25.9 Å². The maximum absolute atomic E-state index is 13.6. The van der Waals surface area contributed by atoms with Gasteiger partial charge in [-0.2, -0.15) is 0 Å². The molecule has 1 unspecified atom stereocenters. The largest absolute Gasteiger partial charge is 0.488 e. The second-order valence-corrected chi connectivity index (χ2v) is 3.95. The lowest BCUT2D eigenvalue weighted by molar-refractivity contribution is 0.108. The zero-order chi connectivity index (χ0) is 12.7. The topological polar surface area (TPSA) is 44.5 Å². The van der Waals surface area contributed by atoms with Crippen molar-refractivity contribution < 1.29 is 13.9 Å². The van der Waals surface area contributed by atoms with Crippen molar-refractivity contribution in [2.24, 2.45) is 5.73 Å². The van der Waals surface area contributed by atoms with Crippen molar-refractivity contribution in [3.8, 4) is 5.75 Å². The Morgan fingerprint density at radius 3 is 2.76 bits per heavy atom. The predicted octanol–water partition coefficient (Wildman–Crippen LogP) is 2.13. The minimum Gasteiger partial charge on any atom is -0.488 e. The summed E-state index contributed by atoms with van der Waals surface area (Å²) in [6, 6.07) is 4.87. The van der Waals surface area contributed by atoms with Crippen LogP contribution in [0, 0.1) is 5.82 Å². The lowest BCUT2D eigenvalue weighted by atomic mass is 10.1. The maximum Gasteiger partial charge on any atom is 0.165 e. The van der Waals surface area contributed by atoms with Crippen LogP contribution in [-0.2, 0) is 11.2 Å². The van der Waals surface area contributed by atoms with Gasteiger partial charge in [-0.3, -0.25) is 0 Å². The van der Waals surface area contributed by atoms with Gasteiger partial charge in [0.2, 0.25) is 0 Å². The highest BCUT2D eigenvalue weighted by molar-refractivity contribution is 5.35. The van der Waals surface area contributed by atoms with Gasteiger partial charge in [0, 0.05) is 12.6 Å². The summed E-state index contributed by atoms with van der Waals surface area (Å²) >= 11 is 0. The summed E-state index contributed by atoms with van der Waals surface area (Å²) in [6.45, 7) is 5.23. The van der Waals surface area contributed by atoms with E-state index in [1.54, 1.807) is 6.07 Å². The zero-order valence-electron chi connectivity index (χ0n) is 10.4. The van der Waals surface area contributed by atoms with Crippen LogP contribution in [0.15, 0.2) is 18.2 Å². The van der Waals surface area contributed by atoms with E-state index in [0.717, 1.165) is 5.56 Å². The molecule has 96 valence electrons. The molecule has 0 aliphatic rings. The van der Waals surface area contributed by atoms with Gasteiger partial charge in [-0.05, 0) is 31.9 Å². The van der Waals surface area contributed by atoms with Crippen molar-refractivity contribution in [2.45, 2.75) is 26.3 Å². The van der Waals surface area contributed by atoms with Gasteiger partial charge in [-0.1, -0.05) is 12.1 Å². The molecule has 0 aromatic heterocycles. The normalized spacial score (nSPS) is 12.5. The van der Waals surface area contributed by atoms with Crippen molar-refractivity contribution in [2.75, 3.05) is 19.8 Å². The Balaban J connectivity index is 2.66. The Labute approximate surface area is 102 Å². The van der Waals surface area contributed by atoms with Crippen molar-refractivity contribution >= 4 is 0 Å². The van der Waals surface area contributed by atoms with Crippen LogP contribution in [0.25, 0.3) is 0 Å². The summed E-state index contributed by atoms with van der Waals surface area (Å²) in [4.78, 5) is 0. The van der Waals surface area contributed by atoms with E-state index >= 15 is 0 Å². The van der Waals surface area contributed by atoms with Crippen molar-refractivity contribution in [3.63, 3.8) is 0 Å². The summed E-state index contributed by atoms with van der Waals surface area (Å²) in [5, 5.41) is 0. The molecule has 4 heteroatoms. The third kappa shape index (κ3) is 4.71. The first kappa shape index (κ1) is 13.9. The highest BCUT2D eigenvalue weighted by Gasteiger charge is 2.11. The maximum atomic E-state index is 13.6. The molecule has 0 aliphatic carbocycles. The number of hydrogen-bond donors (Lipinski definition) is 1. The average molecular weight is 241 g/mol. The fraction of sp³-hybridized carbons (Fsp3) is 0.538. The van der Waals surface area contributed by atoms with E-state index in [0.29, 0.717) is 32.0 Å². The Hall–Kier alpha value is -1.13. The standard InChI is InChI=1S/C13H20FNO2/c1-3-16-7-8-17-13-11(9-10(2)15)5-4-6-12(13)14/h4-6,10H,3,7-9,15H2,1-2H3. The van der Waals surface area contributed by atoms with Gasteiger partial charge in [0.15, 0.2) is 11.6 Å². The van der Waals surface area contributed by atoms with E-state index in [1.165, 1.54) is 6.07 Å². The molecule has 0 saturated heterocycles. The molecule has 0 aliphatic heterocycles. The molecule has 0 heterocycles. The first-order valence-corrected chi connectivity index (χ1v) is 5.88. The quantitative estimate of drug-likeness (QED) is 0.744. The number of ether oxygens (including phenoxy) is 2. The molecule has 0 fully saturated rings. The van der Waals surface area contributed by atoms with Crippen LogP contribution >= 0.6 is 0 Å². The average Bonchev–Trinajstić information content (AvgIpc) is 2.26. The van der Waals surface area contributed by atoms with Crippen LogP contribution < -0.4 is 10.5 Å². The molecule has 0 radical (unpaired) electrons. The van der Waals surface area contributed by atoms with E-state index in [2.05, 4.69) is 0 Å². The monoisotopic (exact) mass is 241 g/mol. The minimum absolute atomic E-state index is 0.0222. The van der Waals surface area contributed by atoms with Crippen molar-refractivity contribution in [1.29, 1.82) is 0 Å². The Morgan fingerprint density at radius 2 is 2.12 bits per heavy atom. The lowest BCUT2D eigenvalue weighted by Crippen LogP contribution is -2.19. The molecule has 2 N–H and O–H groups in total. The van der Waals surface area contributed by atoms with E-state index < -0.39 is 0 Å². The van der Waals surface area contributed by atoms with Crippen molar-refractivity contribution in [3.05, 3.63) is 29.6 Å². The highest BCUT2D eigenvalue weighted by Crippen LogP contribution is 2.23. The smallest absolute Gasteiger partial charge is 0.165 e. The molecule has 1 atom stereocenters. The molecule has 0 amide bonds. The van der Waals surface area contributed by atoms with Crippen molar-refractivity contribution in [1.82, 2.24) is 0 Å². The lowest BCUT2D eigenvalue weighted by Gasteiger charge is -2.13. The van der Waals surface area contributed by atoms with Crippen LogP contribution in [0.2, 0.25) is 0 Å².